The number of fused-ring (bicyclic) bond motifs is 1. The molecule has 0 aliphatic carbocycles. The Kier molecular flexibility index (Phi) is 3.14. The molecule has 3 rings (SSSR count). The van der Waals surface area contributed by atoms with Gasteiger partial charge in [-0.25, -0.2) is 0 Å². The van der Waals surface area contributed by atoms with Crippen LogP contribution in [0.25, 0.3) is 0 Å². The number of hydrogen-bond donors (Lipinski definition) is 2. The molecule has 3 heterocycles. The molecule has 1 aliphatic heterocycles. The van der Waals surface area contributed by atoms with Crippen molar-refractivity contribution in [2.24, 2.45) is 5.73 Å². The van der Waals surface area contributed by atoms with Crippen LogP contribution >= 0.6 is 11.3 Å². The predicted octanol–water partition coefficient (Wildman–Crippen LogP) is 3.02. The summed E-state index contributed by atoms with van der Waals surface area (Å²) in [5, 5.41) is 14.8. The topological polar surface area (TPSA) is 87.7 Å². The van der Waals surface area contributed by atoms with E-state index in [1.807, 2.05) is 18.1 Å². The van der Waals surface area contributed by atoms with E-state index in [1.54, 1.807) is 12.1 Å². The van der Waals surface area contributed by atoms with Crippen molar-refractivity contribution >= 4 is 11.3 Å². The number of nitrogens with zero attached hydrogens (tertiary/aromatic N) is 2. The fourth-order valence-electron chi connectivity index (χ4n) is 2.35. The molecule has 2 aromatic heterocycles. The van der Waals surface area contributed by atoms with Gasteiger partial charge in [0.15, 0.2) is 0 Å². The highest BCUT2D eigenvalue weighted by molar-refractivity contribution is 7.12. The number of halogens is 3. The van der Waals surface area contributed by atoms with Gasteiger partial charge < -0.3 is 10.5 Å². The molecule has 3 N–H and O–H groups in total. The van der Waals surface area contributed by atoms with E-state index in [-0.39, 0.29) is 22.9 Å². The zero-order chi connectivity index (χ0) is 16.1. The summed E-state index contributed by atoms with van der Waals surface area (Å²) >= 11 is 1.30. The normalized spacial score (nSPS) is 17.9. The van der Waals surface area contributed by atoms with Crippen LogP contribution < -0.4 is 10.5 Å². The zero-order valence-electron chi connectivity index (χ0n) is 11.2. The summed E-state index contributed by atoms with van der Waals surface area (Å²) in [5.74, 6) is -1.42. The lowest BCUT2D eigenvalue weighted by atomic mass is 9.88. The van der Waals surface area contributed by atoms with E-state index in [2.05, 4.69) is 5.10 Å². The standard InChI is InChI=1S/C13H9F3N4OS/c1-5-2-3-7(22-5)8-6(4-17)11(18)21-12-9(8)10(19-20-12)13(14,15)16/h2-3,8H,18H2,1H3,(H,19,20). The summed E-state index contributed by atoms with van der Waals surface area (Å²) in [6.07, 6.45) is -4.64. The maximum absolute atomic E-state index is 13.2. The first-order chi connectivity index (χ1) is 10.3. The Balaban J connectivity index is 2.27. The number of allylic oxidation sites excluding steroid dienone is 1. The van der Waals surface area contributed by atoms with Gasteiger partial charge in [0.2, 0.25) is 11.8 Å². The molecular weight excluding hydrogens is 317 g/mol. The maximum Gasteiger partial charge on any atom is 0.433 e. The molecule has 1 aliphatic rings. The van der Waals surface area contributed by atoms with Crippen molar-refractivity contribution in [1.29, 1.82) is 5.26 Å². The minimum absolute atomic E-state index is 0.0544. The first-order valence-corrected chi connectivity index (χ1v) is 6.94. The summed E-state index contributed by atoms with van der Waals surface area (Å²) in [6, 6.07) is 5.30. The third kappa shape index (κ3) is 2.12. The summed E-state index contributed by atoms with van der Waals surface area (Å²) in [4.78, 5) is 1.49. The molecule has 0 saturated carbocycles. The van der Waals surface area contributed by atoms with Crippen molar-refractivity contribution in [3.63, 3.8) is 0 Å². The number of ether oxygens (including phenoxy) is 1. The summed E-state index contributed by atoms with van der Waals surface area (Å²) in [5.41, 5.74) is 4.37. The monoisotopic (exact) mass is 326 g/mol. The Morgan fingerprint density at radius 2 is 2.18 bits per heavy atom. The number of alkyl halides is 3. The number of aryl methyl sites for hydroxylation is 1. The molecule has 0 radical (unpaired) electrons. The van der Waals surface area contributed by atoms with E-state index in [1.165, 1.54) is 11.3 Å². The molecule has 22 heavy (non-hydrogen) atoms. The minimum Gasteiger partial charge on any atom is -0.420 e. The van der Waals surface area contributed by atoms with Crippen LogP contribution in [-0.2, 0) is 6.18 Å². The van der Waals surface area contributed by atoms with Crippen LogP contribution in [0.3, 0.4) is 0 Å². The molecule has 1 atom stereocenters. The van der Waals surface area contributed by atoms with E-state index >= 15 is 0 Å². The minimum atomic E-state index is -4.64. The molecule has 1 unspecified atom stereocenters. The van der Waals surface area contributed by atoms with Crippen LogP contribution in [0.15, 0.2) is 23.6 Å². The first-order valence-electron chi connectivity index (χ1n) is 6.12. The van der Waals surface area contributed by atoms with Crippen molar-refractivity contribution in [2.75, 3.05) is 0 Å². The highest BCUT2D eigenvalue weighted by Gasteiger charge is 2.44. The average molecular weight is 326 g/mol. The van der Waals surface area contributed by atoms with Crippen LogP contribution in [0.1, 0.15) is 26.9 Å². The number of aromatic amines is 1. The van der Waals surface area contributed by atoms with Crippen LogP contribution in [-0.4, -0.2) is 10.2 Å². The molecule has 0 saturated heterocycles. The summed E-state index contributed by atoms with van der Waals surface area (Å²) in [7, 11) is 0. The second kappa shape index (κ2) is 4.78. The van der Waals surface area contributed by atoms with Gasteiger partial charge in [0.05, 0.1) is 11.5 Å². The second-order valence-corrected chi connectivity index (χ2v) is 6.01. The third-order valence-corrected chi connectivity index (χ3v) is 4.33. The number of aromatic nitrogens is 2. The van der Waals surface area contributed by atoms with E-state index in [0.717, 1.165) is 4.88 Å². The van der Waals surface area contributed by atoms with Crippen LogP contribution in [0.5, 0.6) is 5.88 Å². The smallest absolute Gasteiger partial charge is 0.420 e. The molecule has 0 fully saturated rings. The van der Waals surface area contributed by atoms with Crippen LogP contribution in [0.2, 0.25) is 0 Å². The van der Waals surface area contributed by atoms with Crippen molar-refractivity contribution in [1.82, 2.24) is 10.2 Å². The summed E-state index contributed by atoms with van der Waals surface area (Å²) in [6.45, 7) is 1.83. The van der Waals surface area contributed by atoms with Crippen molar-refractivity contribution in [3.05, 3.63) is 44.6 Å². The highest BCUT2D eigenvalue weighted by atomic mass is 32.1. The molecule has 0 aromatic carbocycles. The number of hydrogen-bond acceptors (Lipinski definition) is 5. The number of H-pyrrole nitrogens is 1. The lowest BCUT2D eigenvalue weighted by molar-refractivity contribution is -0.141. The average Bonchev–Trinajstić information content (AvgIpc) is 3.02. The van der Waals surface area contributed by atoms with Crippen molar-refractivity contribution in [2.45, 2.75) is 19.0 Å². The Hall–Kier alpha value is -2.47. The van der Waals surface area contributed by atoms with E-state index < -0.39 is 17.8 Å². The number of nitrogens with one attached hydrogen (secondary N) is 1. The first kappa shape index (κ1) is 14.5. The number of nitriles is 1. The third-order valence-electron chi connectivity index (χ3n) is 3.27. The van der Waals surface area contributed by atoms with Gasteiger partial charge >= 0.3 is 6.18 Å². The van der Waals surface area contributed by atoms with Gasteiger partial charge in [-0.15, -0.1) is 16.4 Å². The van der Waals surface area contributed by atoms with Gasteiger partial charge in [-0.05, 0) is 19.1 Å². The lowest BCUT2D eigenvalue weighted by Gasteiger charge is -2.23. The molecule has 9 heteroatoms. The fourth-order valence-corrected chi connectivity index (χ4v) is 3.35. The predicted molar refractivity (Wildman–Crippen MR) is 71.9 cm³/mol. The van der Waals surface area contributed by atoms with E-state index in [0.29, 0.717) is 4.88 Å². The molecule has 114 valence electrons. The van der Waals surface area contributed by atoms with Crippen LogP contribution in [0, 0.1) is 18.3 Å². The van der Waals surface area contributed by atoms with Gasteiger partial charge in [0.1, 0.15) is 17.3 Å². The molecule has 2 aromatic rings. The van der Waals surface area contributed by atoms with Gasteiger partial charge in [-0.1, -0.05) is 0 Å². The Morgan fingerprint density at radius 1 is 1.45 bits per heavy atom. The second-order valence-electron chi connectivity index (χ2n) is 4.69. The van der Waals surface area contributed by atoms with Crippen molar-refractivity contribution in [3.8, 4) is 11.9 Å². The van der Waals surface area contributed by atoms with E-state index in [4.69, 9.17) is 10.5 Å². The maximum atomic E-state index is 13.2. The SMILES string of the molecule is Cc1ccc(C2C(C#N)=C(N)Oc3n[nH]c(C(F)(F)F)c32)s1. The Morgan fingerprint density at radius 3 is 2.73 bits per heavy atom. The number of thiophene rings is 1. The number of rotatable bonds is 1. The van der Waals surface area contributed by atoms with Gasteiger partial charge in [0, 0.05) is 9.75 Å². The van der Waals surface area contributed by atoms with Gasteiger partial charge in [-0.2, -0.15) is 18.4 Å². The molecular formula is C13H9F3N4OS. The molecule has 0 amide bonds. The quantitative estimate of drug-likeness (QED) is 0.843. The number of nitrogens with two attached hydrogens (primary N) is 1. The molecule has 5 nitrogen and oxygen atoms in total. The highest BCUT2D eigenvalue weighted by Crippen LogP contribution is 2.48. The lowest BCUT2D eigenvalue weighted by Crippen LogP contribution is -2.22. The summed E-state index contributed by atoms with van der Waals surface area (Å²) < 4.78 is 44.6. The molecule has 0 bridgehead atoms. The van der Waals surface area contributed by atoms with Gasteiger partial charge in [0.25, 0.3) is 0 Å². The van der Waals surface area contributed by atoms with Crippen molar-refractivity contribution < 1.29 is 17.9 Å². The molecule has 0 spiro atoms. The van der Waals surface area contributed by atoms with E-state index in [9.17, 15) is 18.4 Å². The largest absolute Gasteiger partial charge is 0.433 e. The van der Waals surface area contributed by atoms with Crippen LogP contribution in [0.4, 0.5) is 13.2 Å². The Labute approximate surface area is 126 Å². The zero-order valence-corrected chi connectivity index (χ0v) is 12.0. The Bertz CT molecular complexity index is 812. The van der Waals surface area contributed by atoms with Gasteiger partial charge in [-0.3, -0.25) is 5.10 Å². The fraction of sp³-hybridized carbons (Fsp3) is 0.231.